The molecule has 1 heterocycles. The van der Waals surface area contributed by atoms with Gasteiger partial charge >= 0.3 is 0 Å². The third kappa shape index (κ3) is 4.67. The number of rotatable bonds is 5. The van der Waals surface area contributed by atoms with E-state index in [0.717, 1.165) is 33.5 Å². The SMILES string of the molecule is CCc1ccc(-n2c(C)cc(/C=C(/C#N)C(=O)Nc3cccc(Br)c3)c2C)cc1. The monoisotopic (exact) mass is 447 g/mol. The zero-order valence-corrected chi connectivity index (χ0v) is 18.2. The molecule has 5 heteroatoms. The summed E-state index contributed by atoms with van der Waals surface area (Å²) in [7, 11) is 0. The van der Waals surface area contributed by atoms with Gasteiger partial charge in [0.1, 0.15) is 11.6 Å². The van der Waals surface area contributed by atoms with Crippen molar-refractivity contribution >= 4 is 33.6 Å². The Morgan fingerprint density at radius 2 is 1.90 bits per heavy atom. The summed E-state index contributed by atoms with van der Waals surface area (Å²) < 4.78 is 2.99. The molecule has 29 heavy (non-hydrogen) atoms. The molecule has 0 fully saturated rings. The van der Waals surface area contributed by atoms with Gasteiger partial charge in [-0.25, -0.2) is 0 Å². The zero-order valence-electron chi connectivity index (χ0n) is 16.7. The molecule has 1 aromatic heterocycles. The van der Waals surface area contributed by atoms with E-state index < -0.39 is 5.91 Å². The van der Waals surface area contributed by atoms with Crippen molar-refractivity contribution in [1.29, 1.82) is 5.26 Å². The number of hydrogen-bond donors (Lipinski definition) is 1. The molecule has 0 radical (unpaired) electrons. The second-order valence-electron chi connectivity index (χ2n) is 6.82. The van der Waals surface area contributed by atoms with Crippen molar-refractivity contribution in [3.05, 3.63) is 87.2 Å². The van der Waals surface area contributed by atoms with Gasteiger partial charge in [-0.15, -0.1) is 0 Å². The van der Waals surface area contributed by atoms with E-state index in [9.17, 15) is 10.1 Å². The molecule has 2 aromatic carbocycles. The van der Waals surface area contributed by atoms with Crippen LogP contribution in [0, 0.1) is 25.2 Å². The molecule has 0 saturated carbocycles. The summed E-state index contributed by atoms with van der Waals surface area (Å²) in [5.74, 6) is -0.428. The van der Waals surface area contributed by atoms with Gasteiger partial charge in [-0.3, -0.25) is 4.79 Å². The minimum absolute atomic E-state index is 0.0616. The van der Waals surface area contributed by atoms with Gasteiger partial charge in [-0.05, 0) is 73.9 Å². The van der Waals surface area contributed by atoms with Crippen molar-refractivity contribution < 1.29 is 4.79 Å². The van der Waals surface area contributed by atoms with Crippen LogP contribution in [0.5, 0.6) is 0 Å². The molecule has 3 rings (SSSR count). The van der Waals surface area contributed by atoms with Gasteiger partial charge in [0.15, 0.2) is 0 Å². The Morgan fingerprint density at radius 3 is 2.52 bits per heavy atom. The fraction of sp³-hybridized carbons (Fsp3) is 0.167. The lowest BCUT2D eigenvalue weighted by Crippen LogP contribution is -2.13. The smallest absolute Gasteiger partial charge is 0.266 e. The lowest BCUT2D eigenvalue weighted by Gasteiger charge is -2.10. The molecule has 0 spiro atoms. The quantitative estimate of drug-likeness (QED) is 0.387. The Bertz CT molecular complexity index is 1120. The number of benzene rings is 2. The van der Waals surface area contributed by atoms with E-state index in [0.29, 0.717) is 5.69 Å². The number of nitrogens with one attached hydrogen (secondary N) is 1. The Kier molecular flexibility index (Phi) is 6.36. The molecule has 146 valence electrons. The Hall–Kier alpha value is -3.10. The van der Waals surface area contributed by atoms with Crippen LogP contribution in [0.3, 0.4) is 0 Å². The number of carbonyl (C=O) groups is 1. The fourth-order valence-electron chi connectivity index (χ4n) is 3.28. The predicted molar refractivity (Wildman–Crippen MR) is 121 cm³/mol. The number of aromatic nitrogens is 1. The van der Waals surface area contributed by atoms with Crippen LogP contribution in [0.1, 0.15) is 29.4 Å². The zero-order chi connectivity index (χ0) is 21.0. The molecule has 0 aliphatic carbocycles. The van der Waals surface area contributed by atoms with Crippen LogP contribution in [0.4, 0.5) is 5.69 Å². The number of hydrogen-bond acceptors (Lipinski definition) is 2. The van der Waals surface area contributed by atoms with Gasteiger partial charge in [0.05, 0.1) is 0 Å². The number of nitriles is 1. The lowest BCUT2D eigenvalue weighted by atomic mass is 10.1. The van der Waals surface area contributed by atoms with Gasteiger partial charge < -0.3 is 9.88 Å². The largest absolute Gasteiger partial charge is 0.321 e. The van der Waals surface area contributed by atoms with Gasteiger partial charge in [-0.2, -0.15) is 5.26 Å². The molecule has 0 unspecified atom stereocenters. The van der Waals surface area contributed by atoms with Crippen LogP contribution >= 0.6 is 15.9 Å². The first-order valence-corrected chi connectivity index (χ1v) is 10.2. The summed E-state index contributed by atoms with van der Waals surface area (Å²) in [5, 5.41) is 12.3. The van der Waals surface area contributed by atoms with Crippen molar-refractivity contribution in [2.45, 2.75) is 27.2 Å². The van der Waals surface area contributed by atoms with Gasteiger partial charge in [-0.1, -0.05) is 41.1 Å². The number of aryl methyl sites for hydroxylation is 2. The van der Waals surface area contributed by atoms with E-state index in [1.165, 1.54) is 5.56 Å². The van der Waals surface area contributed by atoms with E-state index in [-0.39, 0.29) is 5.57 Å². The average molecular weight is 448 g/mol. The topological polar surface area (TPSA) is 57.8 Å². The van der Waals surface area contributed by atoms with E-state index in [2.05, 4.69) is 57.0 Å². The summed E-state index contributed by atoms with van der Waals surface area (Å²) in [6.45, 7) is 6.14. The molecule has 0 atom stereocenters. The normalized spacial score (nSPS) is 11.2. The highest BCUT2D eigenvalue weighted by Gasteiger charge is 2.14. The van der Waals surface area contributed by atoms with Crippen LogP contribution < -0.4 is 5.32 Å². The molecule has 1 N–H and O–H groups in total. The third-order valence-electron chi connectivity index (χ3n) is 4.82. The third-order valence-corrected chi connectivity index (χ3v) is 5.31. The van der Waals surface area contributed by atoms with Crippen LogP contribution in [-0.4, -0.2) is 10.5 Å². The number of nitrogens with zero attached hydrogens (tertiary/aromatic N) is 2. The molecule has 0 bridgehead atoms. The van der Waals surface area contributed by atoms with Crippen LogP contribution in [-0.2, 0) is 11.2 Å². The molecular weight excluding hydrogens is 426 g/mol. The van der Waals surface area contributed by atoms with Crippen LogP contribution in [0.15, 0.2) is 64.6 Å². The molecule has 0 aliphatic heterocycles. The van der Waals surface area contributed by atoms with E-state index in [1.807, 2.05) is 38.1 Å². The van der Waals surface area contributed by atoms with Gasteiger partial charge in [0, 0.05) is 27.2 Å². The Balaban J connectivity index is 1.91. The predicted octanol–water partition coefficient (Wildman–Crippen LogP) is 5.96. The van der Waals surface area contributed by atoms with Crippen molar-refractivity contribution in [1.82, 2.24) is 4.57 Å². The molecule has 0 aliphatic rings. The minimum Gasteiger partial charge on any atom is -0.321 e. The summed E-state index contributed by atoms with van der Waals surface area (Å²) in [4.78, 5) is 12.6. The summed E-state index contributed by atoms with van der Waals surface area (Å²) >= 11 is 3.38. The maximum absolute atomic E-state index is 12.6. The molecule has 1 amide bonds. The number of amides is 1. The van der Waals surface area contributed by atoms with E-state index in [4.69, 9.17) is 0 Å². The van der Waals surface area contributed by atoms with Crippen LogP contribution in [0.2, 0.25) is 0 Å². The van der Waals surface area contributed by atoms with Crippen LogP contribution in [0.25, 0.3) is 11.8 Å². The molecule has 4 nitrogen and oxygen atoms in total. The van der Waals surface area contributed by atoms with E-state index >= 15 is 0 Å². The lowest BCUT2D eigenvalue weighted by molar-refractivity contribution is -0.112. The first-order valence-electron chi connectivity index (χ1n) is 9.40. The van der Waals surface area contributed by atoms with Crippen molar-refractivity contribution in [3.8, 4) is 11.8 Å². The first kappa shape index (κ1) is 20.6. The van der Waals surface area contributed by atoms with Gasteiger partial charge in [0.25, 0.3) is 5.91 Å². The van der Waals surface area contributed by atoms with Crippen molar-refractivity contribution in [2.24, 2.45) is 0 Å². The first-order chi connectivity index (χ1) is 13.9. The second-order valence-corrected chi connectivity index (χ2v) is 7.73. The highest BCUT2D eigenvalue weighted by Crippen LogP contribution is 2.24. The molecule has 3 aromatic rings. The number of halogens is 1. The summed E-state index contributed by atoms with van der Waals surface area (Å²) in [6.07, 6.45) is 2.64. The minimum atomic E-state index is -0.428. The second kappa shape index (κ2) is 8.93. The van der Waals surface area contributed by atoms with Crippen molar-refractivity contribution in [3.63, 3.8) is 0 Å². The fourth-order valence-corrected chi connectivity index (χ4v) is 3.68. The van der Waals surface area contributed by atoms with Gasteiger partial charge in [0.2, 0.25) is 0 Å². The summed E-state index contributed by atoms with van der Waals surface area (Å²) in [6, 6.07) is 19.7. The Morgan fingerprint density at radius 1 is 1.17 bits per heavy atom. The molecular formula is C24H22BrN3O. The van der Waals surface area contributed by atoms with Crippen molar-refractivity contribution in [2.75, 3.05) is 5.32 Å². The number of anilines is 1. The number of carbonyl (C=O) groups excluding carboxylic acids is 1. The maximum Gasteiger partial charge on any atom is 0.266 e. The highest BCUT2D eigenvalue weighted by molar-refractivity contribution is 9.10. The maximum atomic E-state index is 12.6. The Labute approximate surface area is 179 Å². The average Bonchev–Trinajstić information content (AvgIpc) is 2.99. The molecule has 0 saturated heterocycles. The standard InChI is InChI=1S/C24H22BrN3O/c1-4-18-8-10-23(11-9-18)28-16(2)12-19(17(28)3)13-20(15-26)24(29)27-22-7-5-6-21(25)14-22/h5-14H,4H2,1-3H3,(H,27,29)/b20-13-. The highest BCUT2D eigenvalue weighted by atomic mass is 79.9. The van der Waals surface area contributed by atoms with E-state index in [1.54, 1.807) is 18.2 Å². The summed E-state index contributed by atoms with van der Waals surface area (Å²) in [5.41, 5.74) is 5.92.